The minimum Gasteiger partial charge on any atom is -0.748 e. The van der Waals surface area contributed by atoms with Gasteiger partial charge in [0.2, 0.25) is 0 Å². The molecule has 0 aliphatic rings. The Labute approximate surface area is 170 Å². The Morgan fingerprint density at radius 2 is 1.38 bits per heavy atom. The van der Waals surface area contributed by atoms with E-state index in [4.69, 9.17) is 4.74 Å². The summed E-state index contributed by atoms with van der Waals surface area (Å²) < 4.78 is 73.8. The zero-order chi connectivity index (χ0) is 18.5. The van der Waals surface area contributed by atoms with Crippen molar-refractivity contribution in [1.82, 2.24) is 0 Å². The Bertz CT molecular complexity index is 839. The van der Waals surface area contributed by atoms with Crippen molar-refractivity contribution in [2.45, 2.75) is 6.18 Å². The molecule has 0 aromatic heterocycles. The molecule has 26 heavy (non-hydrogen) atoms. The third kappa shape index (κ3) is 7.83. The van der Waals surface area contributed by atoms with Gasteiger partial charge in [0.25, 0.3) is 0 Å². The van der Waals surface area contributed by atoms with Gasteiger partial charge in [0.1, 0.15) is 12.4 Å². The number of benzene rings is 2. The van der Waals surface area contributed by atoms with Crippen molar-refractivity contribution >= 4 is 21.5 Å². The van der Waals surface area contributed by atoms with Crippen molar-refractivity contribution in [1.29, 1.82) is 0 Å². The van der Waals surface area contributed by atoms with Gasteiger partial charge in [-0.2, -0.15) is 23.4 Å². The molecule has 2 aromatic carbocycles. The quantitative estimate of drug-likeness (QED) is 0.415. The largest absolute Gasteiger partial charge is 1.00 e. The van der Waals surface area contributed by atoms with Crippen LogP contribution in [0, 0.1) is 0 Å². The van der Waals surface area contributed by atoms with Crippen LogP contribution in [-0.4, -0.2) is 25.3 Å². The molecule has 0 bridgehead atoms. The van der Waals surface area contributed by atoms with E-state index >= 15 is 0 Å². The van der Waals surface area contributed by atoms with E-state index < -0.39 is 27.6 Å². The van der Waals surface area contributed by atoms with Crippen molar-refractivity contribution < 1.29 is 60.4 Å². The average molecular weight is 396 g/mol. The number of nitrogens with zero attached hydrogens (tertiary/aromatic N) is 2. The van der Waals surface area contributed by atoms with Gasteiger partial charge in [-0.05, 0) is 48.5 Å². The molecular weight excluding hydrogens is 384 g/mol. The molecular formula is C15H12F3N2NaO4S. The Hall–Kier alpha value is -1.46. The van der Waals surface area contributed by atoms with Crippen LogP contribution in [0.1, 0.15) is 5.56 Å². The van der Waals surface area contributed by atoms with Crippen molar-refractivity contribution in [2.24, 2.45) is 10.2 Å². The number of rotatable bonds is 6. The van der Waals surface area contributed by atoms with E-state index in [0.717, 1.165) is 12.1 Å². The first-order valence-electron chi connectivity index (χ1n) is 6.89. The first-order chi connectivity index (χ1) is 11.6. The maximum Gasteiger partial charge on any atom is 1.00 e. The molecule has 0 N–H and O–H groups in total. The third-order valence-corrected chi connectivity index (χ3v) is 3.58. The smallest absolute Gasteiger partial charge is 0.748 e. The van der Waals surface area contributed by atoms with Crippen LogP contribution in [-0.2, 0) is 16.3 Å². The van der Waals surface area contributed by atoms with Gasteiger partial charge in [0.15, 0.2) is 0 Å². The van der Waals surface area contributed by atoms with E-state index in [2.05, 4.69) is 10.2 Å². The van der Waals surface area contributed by atoms with Gasteiger partial charge in [0, 0.05) is 0 Å². The molecule has 0 atom stereocenters. The first kappa shape index (κ1) is 22.6. The molecule has 0 unspecified atom stereocenters. The molecule has 0 aliphatic heterocycles. The Morgan fingerprint density at radius 1 is 0.923 bits per heavy atom. The summed E-state index contributed by atoms with van der Waals surface area (Å²) in [6, 6.07) is 10.3. The molecule has 0 amide bonds. The summed E-state index contributed by atoms with van der Waals surface area (Å²) in [6.45, 7) is -0.266. The van der Waals surface area contributed by atoms with Crippen molar-refractivity contribution in [3.63, 3.8) is 0 Å². The van der Waals surface area contributed by atoms with Gasteiger partial charge in [-0.25, -0.2) is 8.42 Å². The molecule has 0 heterocycles. The molecule has 2 rings (SSSR count). The number of alkyl halides is 3. The van der Waals surface area contributed by atoms with Gasteiger partial charge in [-0.1, -0.05) is 0 Å². The fraction of sp³-hybridized carbons (Fsp3) is 0.200. The first-order valence-corrected chi connectivity index (χ1v) is 8.47. The Kier molecular flexibility index (Phi) is 8.22. The summed E-state index contributed by atoms with van der Waals surface area (Å²) in [7, 11) is -4.33. The van der Waals surface area contributed by atoms with Gasteiger partial charge in [-0.3, -0.25) is 0 Å². The van der Waals surface area contributed by atoms with E-state index in [9.17, 15) is 26.1 Å². The summed E-state index contributed by atoms with van der Waals surface area (Å²) in [5.41, 5.74) is -0.0919. The van der Waals surface area contributed by atoms with Crippen LogP contribution in [0.25, 0.3) is 0 Å². The maximum atomic E-state index is 12.4. The zero-order valence-corrected chi connectivity index (χ0v) is 16.4. The fourth-order valence-corrected chi connectivity index (χ4v) is 1.99. The van der Waals surface area contributed by atoms with Crippen LogP contribution in [0.3, 0.4) is 0 Å². The number of hydrogen-bond donors (Lipinski definition) is 0. The maximum absolute atomic E-state index is 12.4. The van der Waals surface area contributed by atoms with E-state index in [-0.39, 0.29) is 41.9 Å². The fourth-order valence-electron chi connectivity index (χ4n) is 1.70. The van der Waals surface area contributed by atoms with E-state index in [1.54, 1.807) is 0 Å². The second kappa shape index (κ2) is 9.47. The van der Waals surface area contributed by atoms with Crippen molar-refractivity contribution in [3.05, 3.63) is 54.1 Å². The van der Waals surface area contributed by atoms with E-state index in [1.807, 2.05) is 0 Å². The Balaban J connectivity index is 0.00000338. The number of hydrogen-bond acceptors (Lipinski definition) is 6. The third-order valence-electron chi connectivity index (χ3n) is 2.91. The summed E-state index contributed by atoms with van der Waals surface area (Å²) in [6.07, 6.45) is -4.41. The molecule has 0 radical (unpaired) electrons. The summed E-state index contributed by atoms with van der Waals surface area (Å²) in [4.78, 5) is 0. The van der Waals surface area contributed by atoms with Crippen LogP contribution in [0.4, 0.5) is 24.5 Å². The molecule has 2 aromatic rings. The predicted molar refractivity (Wildman–Crippen MR) is 82.1 cm³/mol. The van der Waals surface area contributed by atoms with Crippen LogP contribution in [0.15, 0.2) is 58.8 Å². The zero-order valence-electron chi connectivity index (χ0n) is 13.6. The molecule has 0 aliphatic carbocycles. The van der Waals surface area contributed by atoms with Crippen molar-refractivity contribution in [3.8, 4) is 5.75 Å². The van der Waals surface area contributed by atoms with Crippen LogP contribution in [0.5, 0.6) is 5.75 Å². The second-order valence-electron chi connectivity index (χ2n) is 4.85. The average Bonchev–Trinajstić information content (AvgIpc) is 2.52. The second-order valence-corrected chi connectivity index (χ2v) is 6.37. The summed E-state index contributed by atoms with van der Waals surface area (Å²) >= 11 is 0. The van der Waals surface area contributed by atoms with E-state index in [0.29, 0.717) is 11.4 Å². The predicted octanol–water partition coefficient (Wildman–Crippen LogP) is 1.05. The van der Waals surface area contributed by atoms with Gasteiger partial charge >= 0.3 is 35.7 Å². The molecule has 6 nitrogen and oxygen atoms in total. The van der Waals surface area contributed by atoms with Gasteiger partial charge in [0.05, 0.1) is 32.8 Å². The molecule has 134 valence electrons. The standard InChI is InChI=1S/C15H13F3N2O4S.Na/c16-15(17,18)11-1-3-12(4-2-11)19-20-13-5-7-14(8-6-13)24-9-10-25(21,22)23;/h1-8H,9-10H2,(H,21,22,23);/q;+1/p-1. The molecule has 0 fully saturated rings. The van der Waals surface area contributed by atoms with Crippen LogP contribution >= 0.6 is 0 Å². The molecule has 11 heteroatoms. The summed E-state index contributed by atoms with van der Waals surface area (Å²) in [5, 5.41) is 7.69. The molecule has 0 saturated heterocycles. The Morgan fingerprint density at radius 3 is 1.81 bits per heavy atom. The molecule has 0 saturated carbocycles. The van der Waals surface area contributed by atoms with E-state index in [1.165, 1.54) is 36.4 Å². The monoisotopic (exact) mass is 396 g/mol. The topological polar surface area (TPSA) is 91.2 Å². The van der Waals surface area contributed by atoms with Crippen LogP contribution < -0.4 is 34.3 Å². The normalized spacial score (nSPS) is 12.0. The summed E-state index contributed by atoms with van der Waals surface area (Å²) in [5.74, 6) is -0.292. The minimum atomic E-state index is -4.41. The number of azo groups is 1. The van der Waals surface area contributed by atoms with Crippen molar-refractivity contribution in [2.75, 3.05) is 12.4 Å². The van der Waals surface area contributed by atoms with Crippen LogP contribution in [0.2, 0.25) is 0 Å². The molecule has 0 spiro atoms. The number of ether oxygens (including phenoxy) is 1. The minimum absolute atomic E-state index is 0. The van der Waals surface area contributed by atoms with Gasteiger partial charge < -0.3 is 9.29 Å². The SMILES string of the molecule is O=S(=O)([O-])CCOc1ccc(N=Nc2ccc(C(F)(F)F)cc2)cc1.[Na+]. The van der Waals surface area contributed by atoms with Gasteiger partial charge in [-0.15, -0.1) is 0 Å². The number of halogens is 3.